The second-order valence-electron chi connectivity index (χ2n) is 5.59. The van der Waals surface area contributed by atoms with Crippen molar-refractivity contribution in [1.82, 2.24) is 19.5 Å². The van der Waals surface area contributed by atoms with E-state index in [9.17, 15) is 8.42 Å². The van der Waals surface area contributed by atoms with Crippen LogP contribution < -0.4 is 9.46 Å². The number of sulfonamides is 1. The number of nitrogens with zero attached hydrogens (tertiary/aromatic N) is 3. The molecule has 0 atom stereocenters. The fraction of sp³-hybridized carbons (Fsp3) is 0.222. The van der Waals surface area contributed by atoms with Crippen molar-refractivity contribution in [1.29, 1.82) is 0 Å². The molecule has 0 bridgehead atoms. The van der Waals surface area contributed by atoms with Crippen LogP contribution in [0.1, 0.15) is 12.6 Å². The highest BCUT2D eigenvalue weighted by atomic mass is 32.2. The lowest BCUT2D eigenvalue weighted by Crippen LogP contribution is -2.23. The van der Waals surface area contributed by atoms with Gasteiger partial charge < -0.3 is 4.74 Å². The minimum Gasteiger partial charge on any atom is -0.494 e. The highest BCUT2D eigenvalue weighted by Gasteiger charge is 2.15. The average molecular weight is 372 g/mol. The van der Waals surface area contributed by atoms with Crippen molar-refractivity contribution < 1.29 is 13.2 Å². The van der Waals surface area contributed by atoms with E-state index in [1.807, 2.05) is 31.2 Å². The number of pyridine rings is 1. The van der Waals surface area contributed by atoms with Crippen LogP contribution in [0.25, 0.3) is 11.4 Å². The first-order valence-corrected chi connectivity index (χ1v) is 9.65. The Balaban J connectivity index is 1.72. The van der Waals surface area contributed by atoms with E-state index >= 15 is 0 Å². The van der Waals surface area contributed by atoms with Crippen molar-refractivity contribution in [3.63, 3.8) is 0 Å². The molecule has 0 aliphatic heterocycles. The lowest BCUT2D eigenvalue weighted by atomic mass is 10.2. The van der Waals surface area contributed by atoms with E-state index in [0.29, 0.717) is 18.1 Å². The topological polar surface area (TPSA) is 86.1 Å². The summed E-state index contributed by atoms with van der Waals surface area (Å²) >= 11 is 0. The number of rotatable bonds is 7. The molecule has 0 aliphatic rings. The van der Waals surface area contributed by atoms with Gasteiger partial charge in [0.2, 0.25) is 10.0 Å². The molecule has 3 aromatic rings. The summed E-state index contributed by atoms with van der Waals surface area (Å²) in [4.78, 5) is 4.47. The van der Waals surface area contributed by atoms with Gasteiger partial charge in [-0.25, -0.2) is 13.1 Å². The monoisotopic (exact) mass is 372 g/mol. The molecular formula is C18H20N4O3S. The summed E-state index contributed by atoms with van der Waals surface area (Å²) in [6, 6.07) is 13.7. The number of aryl methyl sites for hydroxylation is 1. The van der Waals surface area contributed by atoms with Gasteiger partial charge >= 0.3 is 0 Å². The maximum absolute atomic E-state index is 12.4. The summed E-state index contributed by atoms with van der Waals surface area (Å²) in [6.45, 7) is 2.50. The van der Waals surface area contributed by atoms with Gasteiger partial charge in [0.15, 0.2) is 0 Å². The fourth-order valence-electron chi connectivity index (χ4n) is 2.50. The minimum atomic E-state index is -3.63. The first-order chi connectivity index (χ1) is 12.5. The number of benzene rings is 1. The Bertz CT molecular complexity index is 967. The molecule has 0 amide bonds. The van der Waals surface area contributed by atoms with E-state index in [1.165, 1.54) is 12.1 Å². The Kier molecular flexibility index (Phi) is 5.34. The van der Waals surface area contributed by atoms with Gasteiger partial charge in [0.05, 0.1) is 35.1 Å². The second-order valence-corrected chi connectivity index (χ2v) is 7.36. The molecule has 0 spiro atoms. The van der Waals surface area contributed by atoms with Gasteiger partial charge in [0.25, 0.3) is 0 Å². The molecule has 26 heavy (non-hydrogen) atoms. The first-order valence-electron chi connectivity index (χ1n) is 8.16. The van der Waals surface area contributed by atoms with Crippen LogP contribution in [-0.4, -0.2) is 29.8 Å². The zero-order valence-corrected chi connectivity index (χ0v) is 15.4. The third kappa shape index (κ3) is 4.09. The molecular weight excluding hydrogens is 352 g/mol. The fourth-order valence-corrected chi connectivity index (χ4v) is 3.50. The van der Waals surface area contributed by atoms with Crippen molar-refractivity contribution in [2.45, 2.75) is 18.4 Å². The SMILES string of the molecule is CCOc1ccc(S(=O)(=O)NCc2cc(-c3ccccn3)n(C)n2)cc1. The Morgan fingerprint density at radius 2 is 1.92 bits per heavy atom. The molecule has 3 rings (SSSR count). The van der Waals surface area contributed by atoms with E-state index in [0.717, 1.165) is 11.4 Å². The van der Waals surface area contributed by atoms with Crippen LogP contribution >= 0.6 is 0 Å². The third-order valence-electron chi connectivity index (χ3n) is 3.75. The van der Waals surface area contributed by atoms with Gasteiger partial charge in [0, 0.05) is 13.2 Å². The minimum absolute atomic E-state index is 0.0935. The van der Waals surface area contributed by atoms with E-state index in [-0.39, 0.29) is 11.4 Å². The highest BCUT2D eigenvalue weighted by Crippen LogP contribution is 2.18. The lowest BCUT2D eigenvalue weighted by Gasteiger charge is -2.07. The maximum atomic E-state index is 12.4. The van der Waals surface area contributed by atoms with Crippen LogP contribution in [0.5, 0.6) is 5.75 Å². The summed E-state index contributed by atoms with van der Waals surface area (Å²) in [5.41, 5.74) is 2.21. The van der Waals surface area contributed by atoms with Crippen molar-refractivity contribution in [2.24, 2.45) is 7.05 Å². The zero-order chi connectivity index (χ0) is 18.6. The predicted molar refractivity (Wildman–Crippen MR) is 98.1 cm³/mol. The predicted octanol–water partition coefficient (Wildman–Crippen LogP) is 2.36. The normalized spacial score (nSPS) is 11.5. The quantitative estimate of drug-likeness (QED) is 0.688. The maximum Gasteiger partial charge on any atom is 0.240 e. The molecule has 136 valence electrons. The Labute approximate surface area is 152 Å². The van der Waals surface area contributed by atoms with Crippen LogP contribution in [0.15, 0.2) is 59.6 Å². The van der Waals surface area contributed by atoms with Gasteiger partial charge in [-0.05, 0) is 49.4 Å². The number of nitrogens with one attached hydrogen (secondary N) is 1. The Morgan fingerprint density at radius 1 is 1.15 bits per heavy atom. The van der Waals surface area contributed by atoms with Gasteiger partial charge in [-0.15, -0.1) is 0 Å². The molecule has 0 saturated heterocycles. The summed E-state index contributed by atoms with van der Waals surface area (Å²) in [7, 11) is -1.83. The van der Waals surface area contributed by atoms with Crippen LogP contribution in [0.3, 0.4) is 0 Å². The molecule has 1 N–H and O–H groups in total. The van der Waals surface area contributed by atoms with Crippen LogP contribution in [0.2, 0.25) is 0 Å². The van der Waals surface area contributed by atoms with Gasteiger partial charge in [-0.3, -0.25) is 9.67 Å². The molecule has 2 heterocycles. The van der Waals surface area contributed by atoms with Crippen molar-refractivity contribution in [2.75, 3.05) is 6.61 Å². The van der Waals surface area contributed by atoms with Crippen molar-refractivity contribution >= 4 is 10.0 Å². The van der Waals surface area contributed by atoms with E-state index < -0.39 is 10.0 Å². The molecule has 7 nitrogen and oxygen atoms in total. The van der Waals surface area contributed by atoms with Gasteiger partial charge in [0.1, 0.15) is 5.75 Å². The highest BCUT2D eigenvalue weighted by molar-refractivity contribution is 7.89. The van der Waals surface area contributed by atoms with E-state index in [2.05, 4.69) is 14.8 Å². The van der Waals surface area contributed by atoms with Crippen molar-refractivity contribution in [3.8, 4) is 17.1 Å². The second kappa shape index (κ2) is 7.67. The van der Waals surface area contributed by atoms with E-state index in [1.54, 1.807) is 30.1 Å². The number of hydrogen-bond acceptors (Lipinski definition) is 5. The number of aromatic nitrogens is 3. The molecule has 0 radical (unpaired) electrons. The van der Waals surface area contributed by atoms with Crippen LogP contribution in [-0.2, 0) is 23.6 Å². The molecule has 0 fully saturated rings. The molecule has 0 saturated carbocycles. The molecule has 0 aliphatic carbocycles. The van der Waals surface area contributed by atoms with E-state index in [4.69, 9.17) is 4.74 Å². The number of hydrogen-bond donors (Lipinski definition) is 1. The summed E-state index contributed by atoms with van der Waals surface area (Å²) in [5.74, 6) is 0.635. The third-order valence-corrected chi connectivity index (χ3v) is 5.16. The average Bonchev–Trinajstić information content (AvgIpc) is 3.02. The summed E-state index contributed by atoms with van der Waals surface area (Å²) in [5, 5.41) is 4.35. The Hall–Kier alpha value is -2.71. The standard InChI is InChI=1S/C18H20N4O3S/c1-3-25-15-7-9-16(10-8-15)26(23,24)20-13-14-12-18(22(2)21-14)17-6-4-5-11-19-17/h4-12,20H,3,13H2,1-2H3. The molecule has 2 aromatic heterocycles. The largest absolute Gasteiger partial charge is 0.494 e. The zero-order valence-electron chi connectivity index (χ0n) is 14.6. The number of ether oxygens (including phenoxy) is 1. The Morgan fingerprint density at radius 3 is 2.58 bits per heavy atom. The van der Waals surface area contributed by atoms with Gasteiger partial charge in [-0.2, -0.15) is 5.10 Å². The first kappa shape index (κ1) is 18.1. The van der Waals surface area contributed by atoms with Crippen LogP contribution in [0.4, 0.5) is 0 Å². The van der Waals surface area contributed by atoms with Crippen molar-refractivity contribution in [3.05, 3.63) is 60.4 Å². The summed E-state index contributed by atoms with van der Waals surface area (Å²) in [6.07, 6.45) is 1.70. The smallest absolute Gasteiger partial charge is 0.240 e. The lowest BCUT2D eigenvalue weighted by molar-refractivity contribution is 0.340. The molecule has 8 heteroatoms. The molecule has 1 aromatic carbocycles. The summed E-state index contributed by atoms with van der Waals surface area (Å²) < 4.78 is 34.5. The van der Waals surface area contributed by atoms with Crippen LogP contribution in [0, 0.1) is 0 Å². The van der Waals surface area contributed by atoms with Gasteiger partial charge in [-0.1, -0.05) is 6.07 Å². The molecule has 0 unspecified atom stereocenters.